The molecule has 6 heteroatoms. The van der Waals surface area contributed by atoms with Crippen LogP contribution >= 0.6 is 0 Å². The van der Waals surface area contributed by atoms with Crippen molar-refractivity contribution in [3.8, 4) is 0 Å². The molecule has 1 N–H and O–H groups in total. The summed E-state index contributed by atoms with van der Waals surface area (Å²) in [5.74, 6) is 0.538. The van der Waals surface area contributed by atoms with Gasteiger partial charge in [0.15, 0.2) is 0 Å². The summed E-state index contributed by atoms with van der Waals surface area (Å²) in [6.45, 7) is 6.33. The monoisotopic (exact) mass is 300 g/mol. The Morgan fingerprint density at radius 3 is 3.00 bits per heavy atom. The van der Waals surface area contributed by atoms with Crippen molar-refractivity contribution in [2.45, 2.75) is 38.6 Å². The number of amides is 1. The lowest BCUT2D eigenvalue weighted by atomic mass is 10.1. The van der Waals surface area contributed by atoms with Crippen molar-refractivity contribution in [3.63, 3.8) is 0 Å². The van der Waals surface area contributed by atoms with Crippen LogP contribution in [0, 0.1) is 6.92 Å². The number of pyridine rings is 1. The Balaban J connectivity index is 1.81. The fourth-order valence-electron chi connectivity index (χ4n) is 3.17. The summed E-state index contributed by atoms with van der Waals surface area (Å²) in [5.41, 5.74) is 2.89. The van der Waals surface area contributed by atoms with Gasteiger partial charge in [-0.1, -0.05) is 5.16 Å². The summed E-state index contributed by atoms with van der Waals surface area (Å²) in [4.78, 5) is 19.6. The van der Waals surface area contributed by atoms with Crippen LogP contribution in [0.15, 0.2) is 10.6 Å². The van der Waals surface area contributed by atoms with E-state index in [0.717, 1.165) is 49.2 Å². The molecule has 0 aromatic carbocycles. The fourth-order valence-corrected chi connectivity index (χ4v) is 3.17. The topological polar surface area (TPSA) is 71.3 Å². The van der Waals surface area contributed by atoms with E-state index in [2.05, 4.69) is 22.4 Å². The van der Waals surface area contributed by atoms with Crippen molar-refractivity contribution >= 4 is 17.0 Å². The van der Waals surface area contributed by atoms with E-state index in [1.54, 1.807) is 0 Å². The maximum Gasteiger partial charge on any atom is 0.259 e. The minimum absolute atomic E-state index is 0.0644. The van der Waals surface area contributed by atoms with Crippen LogP contribution in [0.4, 0.5) is 0 Å². The fraction of sp³-hybridized carbons (Fsp3) is 0.562. The molecule has 1 amide bonds. The molecular weight excluding hydrogens is 280 g/mol. The van der Waals surface area contributed by atoms with Gasteiger partial charge >= 0.3 is 0 Å². The molecule has 0 radical (unpaired) electrons. The first kappa shape index (κ1) is 13.7. The second kappa shape index (κ2) is 5.05. The van der Waals surface area contributed by atoms with Gasteiger partial charge in [0.1, 0.15) is 0 Å². The van der Waals surface area contributed by atoms with Gasteiger partial charge in [-0.05, 0) is 32.8 Å². The molecule has 1 saturated heterocycles. The quantitative estimate of drug-likeness (QED) is 0.916. The van der Waals surface area contributed by atoms with Gasteiger partial charge in [-0.3, -0.25) is 4.79 Å². The maximum atomic E-state index is 13.1. The largest absolute Gasteiger partial charge is 0.336 e. The zero-order valence-electron chi connectivity index (χ0n) is 12.9. The molecule has 2 aromatic rings. The molecule has 1 unspecified atom stereocenters. The molecule has 0 spiro atoms. The van der Waals surface area contributed by atoms with E-state index in [1.165, 1.54) is 0 Å². The van der Waals surface area contributed by atoms with Gasteiger partial charge in [0.2, 0.25) is 0 Å². The Bertz CT molecular complexity index is 735. The summed E-state index contributed by atoms with van der Waals surface area (Å²) in [6.07, 6.45) is 2.28. The number of piperazine rings is 1. The molecule has 6 nitrogen and oxygen atoms in total. The highest BCUT2D eigenvalue weighted by molar-refractivity contribution is 6.06. The molecule has 4 rings (SSSR count). The molecule has 1 atom stereocenters. The normalized spacial score (nSPS) is 22.3. The van der Waals surface area contributed by atoms with Gasteiger partial charge in [0, 0.05) is 37.3 Å². The Labute approximate surface area is 128 Å². The number of nitrogens with zero attached hydrogens (tertiary/aromatic N) is 3. The lowest BCUT2D eigenvalue weighted by Crippen LogP contribution is -2.52. The third-order valence-electron chi connectivity index (χ3n) is 4.63. The molecule has 1 aliphatic carbocycles. The van der Waals surface area contributed by atoms with Crippen molar-refractivity contribution < 1.29 is 9.32 Å². The number of hydrogen-bond donors (Lipinski definition) is 1. The average Bonchev–Trinajstić information content (AvgIpc) is 3.31. The van der Waals surface area contributed by atoms with Gasteiger partial charge in [0.25, 0.3) is 11.6 Å². The SMILES string of the molecule is Cc1noc2nc(C3CC3)cc(C(=O)N3CCNCC3C)c12. The Morgan fingerprint density at radius 2 is 2.27 bits per heavy atom. The predicted molar refractivity (Wildman–Crippen MR) is 81.9 cm³/mol. The van der Waals surface area contributed by atoms with Crippen LogP contribution in [-0.2, 0) is 0 Å². The van der Waals surface area contributed by atoms with Gasteiger partial charge in [-0.15, -0.1) is 0 Å². The minimum atomic E-state index is 0.0644. The Kier molecular flexibility index (Phi) is 3.14. The van der Waals surface area contributed by atoms with Gasteiger partial charge < -0.3 is 14.7 Å². The summed E-state index contributed by atoms with van der Waals surface area (Å²) in [5, 5.41) is 8.08. The predicted octanol–water partition coefficient (Wildman–Crippen LogP) is 1.84. The van der Waals surface area contributed by atoms with Crippen LogP contribution in [0.25, 0.3) is 11.1 Å². The van der Waals surface area contributed by atoms with Crippen LogP contribution < -0.4 is 5.32 Å². The van der Waals surface area contributed by atoms with Crippen LogP contribution in [0.3, 0.4) is 0 Å². The molecular formula is C16H20N4O2. The van der Waals surface area contributed by atoms with E-state index in [0.29, 0.717) is 17.2 Å². The van der Waals surface area contributed by atoms with E-state index in [1.807, 2.05) is 17.9 Å². The van der Waals surface area contributed by atoms with Gasteiger partial charge in [0.05, 0.1) is 16.6 Å². The number of carbonyl (C=O) groups is 1. The van der Waals surface area contributed by atoms with E-state index in [4.69, 9.17) is 4.52 Å². The summed E-state index contributed by atoms with van der Waals surface area (Å²) in [6, 6.07) is 2.15. The van der Waals surface area contributed by atoms with Crippen molar-refractivity contribution in [1.82, 2.24) is 20.4 Å². The first-order chi connectivity index (χ1) is 10.6. The Hall–Kier alpha value is -1.95. The van der Waals surface area contributed by atoms with Crippen molar-refractivity contribution in [1.29, 1.82) is 0 Å². The van der Waals surface area contributed by atoms with Crippen molar-refractivity contribution in [3.05, 3.63) is 23.0 Å². The average molecular weight is 300 g/mol. The molecule has 116 valence electrons. The third kappa shape index (κ3) is 2.18. The van der Waals surface area contributed by atoms with Gasteiger partial charge in [-0.25, -0.2) is 4.98 Å². The second-order valence-electron chi connectivity index (χ2n) is 6.37. The zero-order chi connectivity index (χ0) is 15.3. The van der Waals surface area contributed by atoms with E-state index in [9.17, 15) is 4.79 Å². The highest BCUT2D eigenvalue weighted by Gasteiger charge is 2.31. The number of hydrogen-bond acceptors (Lipinski definition) is 5. The molecule has 2 aromatic heterocycles. The molecule has 3 heterocycles. The maximum absolute atomic E-state index is 13.1. The smallest absolute Gasteiger partial charge is 0.259 e. The standard InChI is InChI=1S/C16H20N4O2/c1-9-8-17-5-6-20(9)16(21)12-7-13(11-3-4-11)18-15-14(12)10(2)19-22-15/h7,9,11,17H,3-6,8H2,1-2H3. The number of carbonyl (C=O) groups excluding carboxylic acids is 1. The van der Waals surface area contributed by atoms with E-state index < -0.39 is 0 Å². The van der Waals surface area contributed by atoms with E-state index in [-0.39, 0.29) is 11.9 Å². The molecule has 2 fully saturated rings. The molecule has 0 bridgehead atoms. The molecule has 1 saturated carbocycles. The zero-order valence-corrected chi connectivity index (χ0v) is 12.9. The highest BCUT2D eigenvalue weighted by Crippen LogP contribution is 2.40. The van der Waals surface area contributed by atoms with Crippen LogP contribution in [0.5, 0.6) is 0 Å². The highest BCUT2D eigenvalue weighted by atomic mass is 16.5. The minimum Gasteiger partial charge on any atom is -0.336 e. The summed E-state index contributed by atoms with van der Waals surface area (Å²) >= 11 is 0. The Morgan fingerprint density at radius 1 is 1.45 bits per heavy atom. The number of nitrogens with one attached hydrogen (secondary N) is 1. The lowest BCUT2D eigenvalue weighted by molar-refractivity contribution is 0.0657. The van der Waals surface area contributed by atoms with Crippen LogP contribution in [0.1, 0.15) is 47.4 Å². The lowest BCUT2D eigenvalue weighted by Gasteiger charge is -2.34. The van der Waals surface area contributed by atoms with E-state index >= 15 is 0 Å². The molecule has 2 aliphatic rings. The van der Waals surface area contributed by atoms with Crippen molar-refractivity contribution in [2.24, 2.45) is 0 Å². The van der Waals surface area contributed by atoms with Crippen LogP contribution in [0.2, 0.25) is 0 Å². The number of aryl methyl sites for hydroxylation is 1. The van der Waals surface area contributed by atoms with Gasteiger partial charge in [-0.2, -0.15) is 0 Å². The summed E-state index contributed by atoms with van der Waals surface area (Å²) in [7, 11) is 0. The van der Waals surface area contributed by atoms with Crippen molar-refractivity contribution in [2.75, 3.05) is 19.6 Å². The number of aromatic nitrogens is 2. The third-order valence-corrected chi connectivity index (χ3v) is 4.63. The molecule has 1 aliphatic heterocycles. The van der Waals surface area contributed by atoms with Crippen LogP contribution in [-0.4, -0.2) is 46.6 Å². The molecule has 22 heavy (non-hydrogen) atoms. The first-order valence-corrected chi connectivity index (χ1v) is 7.93. The second-order valence-corrected chi connectivity index (χ2v) is 6.37. The first-order valence-electron chi connectivity index (χ1n) is 7.93. The number of rotatable bonds is 2. The summed E-state index contributed by atoms with van der Waals surface area (Å²) < 4.78 is 5.33. The number of fused-ring (bicyclic) bond motifs is 1.